The van der Waals surface area contributed by atoms with E-state index in [4.69, 9.17) is 9.47 Å². The van der Waals surface area contributed by atoms with Gasteiger partial charge in [0.25, 0.3) is 0 Å². The second kappa shape index (κ2) is 4.90. The fraction of sp³-hybridized carbons (Fsp3) is 0.611. The number of nitrogens with zero attached hydrogens (tertiary/aromatic N) is 1. The van der Waals surface area contributed by atoms with Crippen LogP contribution in [0.2, 0.25) is 0 Å². The van der Waals surface area contributed by atoms with Crippen LogP contribution in [-0.2, 0) is 16.8 Å². The van der Waals surface area contributed by atoms with Gasteiger partial charge in [-0.15, -0.1) is 0 Å². The van der Waals surface area contributed by atoms with Crippen molar-refractivity contribution in [3.05, 3.63) is 23.3 Å². The second-order valence-corrected chi connectivity index (χ2v) is 6.73. The summed E-state index contributed by atoms with van der Waals surface area (Å²) in [5, 5.41) is 0. The van der Waals surface area contributed by atoms with Crippen LogP contribution in [0.1, 0.15) is 43.2 Å². The lowest BCUT2D eigenvalue weighted by atomic mass is 9.66. The van der Waals surface area contributed by atoms with Crippen molar-refractivity contribution in [1.29, 1.82) is 0 Å². The fourth-order valence-electron chi connectivity index (χ4n) is 4.99. The van der Waals surface area contributed by atoms with Crippen LogP contribution in [0, 0.1) is 5.92 Å². The number of ether oxygens (including phenoxy) is 2. The highest BCUT2D eigenvalue weighted by Crippen LogP contribution is 2.56. The second-order valence-electron chi connectivity index (χ2n) is 6.73. The molecule has 0 aromatic heterocycles. The van der Waals surface area contributed by atoms with E-state index in [2.05, 4.69) is 17.0 Å². The lowest BCUT2D eigenvalue weighted by Crippen LogP contribution is -2.52. The molecule has 0 N–H and O–H groups in total. The Bertz CT molecular complexity index is 627. The molecule has 1 saturated heterocycles. The standard InChI is InChI=1S/C18H23NO3/c1-21-15-9-12-6-8-19-17(20)10-13-5-3-4-7-18(13,19)14(12)11-16(15)22-2/h9,11,13H,3-8,10H2,1-2H3/t13-,18-/m1/s1. The first kappa shape index (κ1) is 13.9. The zero-order chi connectivity index (χ0) is 15.3. The minimum absolute atomic E-state index is 0.0809. The summed E-state index contributed by atoms with van der Waals surface area (Å²) in [6, 6.07) is 4.26. The molecule has 0 radical (unpaired) electrons. The van der Waals surface area contributed by atoms with E-state index < -0.39 is 0 Å². The van der Waals surface area contributed by atoms with Crippen LogP contribution < -0.4 is 9.47 Å². The third-order valence-corrected chi connectivity index (χ3v) is 5.92. The number of rotatable bonds is 2. The number of hydrogen-bond acceptors (Lipinski definition) is 3. The van der Waals surface area contributed by atoms with E-state index in [9.17, 15) is 4.79 Å². The summed E-state index contributed by atoms with van der Waals surface area (Å²) in [4.78, 5) is 14.7. The third-order valence-electron chi connectivity index (χ3n) is 5.92. The van der Waals surface area contributed by atoms with Gasteiger partial charge in [0.05, 0.1) is 19.8 Å². The van der Waals surface area contributed by atoms with E-state index in [1.54, 1.807) is 14.2 Å². The fourth-order valence-corrected chi connectivity index (χ4v) is 4.99. The van der Waals surface area contributed by atoms with Crippen LogP contribution in [0.4, 0.5) is 0 Å². The number of benzene rings is 1. The smallest absolute Gasteiger partial charge is 0.223 e. The van der Waals surface area contributed by atoms with Crippen LogP contribution >= 0.6 is 0 Å². The molecule has 1 saturated carbocycles. The minimum atomic E-state index is -0.0809. The average molecular weight is 301 g/mol. The Morgan fingerprint density at radius 2 is 1.95 bits per heavy atom. The Kier molecular flexibility index (Phi) is 3.10. The zero-order valence-electron chi connectivity index (χ0n) is 13.4. The van der Waals surface area contributed by atoms with Gasteiger partial charge in [-0.3, -0.25) is 4.79 Å². The molecule has 1 aliphatic carbocycles. The van der Waals surface area contributed by atoms with Crippen molar-refractivity contribution in [2.45, 2.75) is 44.1 Å². The van der Waals surface area contributed by atoms with Crippen LogP contribution in [-0.4, -0.2) is 31.6 Å². The van der Waals surface area contributed by atoms with Crippen LogP contribution in [0.5, 0.6) is 11.5 Å². The van der Waals surface area contributed by atoms with Gasteiger partial charge in [-0.1, -0.05) is 12.8 Å². The van der Waals surface area contributed by atoms with E-state index in [1.807, 2.05) is 0 Å². The maximum absolute atomic E-state index is 12.5. The van der Waals surface area contributed by atoms with Gasteiger partial charge in [0.2, 0.25) is 5.91 Å². The van der Waals surface area contributed by atoms with Crippen molar-refractivity contribution in [3.63, 3.8) is 0 Å². The first-order valence-corrected chi connectivity index (χ1v) is 8.26. The number of hydrogen-bond donors (Lipinski definition) is 0. The molecule has 2 aliphatic heterocycles. The Balaban J connectivity index is 1.91. The maximum atomic E-state index is 12.5. The third kappa shape index (κ3) is 1.67. The zero-order valence-corrected chi connectivity index (χ0v) is 13.4. The Hall–Kier alpha value is -1.71. The van der Waals surface area contributed by atoms with Gasteiger partial charge in [-0.05, 0) is 48.4 Å². The Morgan fingerprint density at radius 1 is 1.18 bits per heavy atom. The molecule has 1 spiro atoms. The van der Waals surface area contributed by atoms with Crippen molar-refractivity contribution < 1.29 is 14.3 Å². The molecular formula is C18H23NO3. The Labute approximate surface area is 131 Å². The summed E-state index contributed by atoms with van der Waals surface area (Å²) >= 11 is 0. The first-order valence-electron chi connectivity index (χ1n) is 8.26. The monoisotopic (exact) mass is 301 g/mol. The lowest BCUT2D eigenvalue weighted by Gasteiger charge is -2.49. The van der Waals surface area contributed by atoms with Gasteiger partial charge in [0.1, 0.15) is 0 Å². The SMILES string of the molecule is COc1cc2c(cc1OC)[C@@]13CCCC[C@@H]1CC(=O)N3CC2. The minimum Gasteiger partial charge on any atom is -0.493 e. The molecule has 4 rings (SSSR count). The highest BCUT2D eigenvalue weighted by Gasteiger charge is 2.56. The largest absolute Gasteiger partial charge is 0.493 e. The predicted molar refractivity (Wildman–Crippen MR) is 83.2 cm³/mol. The molecule has 118 valence electrons. The molecule has 4 heteroatoms. The van der Waals surface area contributed by atoms with E-state index in [1.165, 1.54) is 24.0 Å². The number of carbonyl (C=O) groups is 1. The molecule has 1 amide bonds. The molecule has 4 nitrogen and oxygen atoms in total. The average Bonchev–Trinajstić information content (AvgIpc) is 2.86. The number of methoxy groups -OCH3 is 2. The predicted octanol–water partition coefficient (Wildman–Crippen LogP) is 2.88. The van der Waals surface area contributed by atoms with Crippen molar-refractivity contribution in [3.8, 4) is 11.5 Å². The number of amides is 1. The normalized spacial score (nSPS) is 29.6. The van der Waals surface area contributed by atoms with Gasteiger partial charge in [-0.25, -0.2) is 0 Å². The van der Waals surface area contributed by atoms with Gasteiger partial charge in [0.15, 0.2) is 11.5 Å². The highest BCUT2D eigenvalue weighted by atomic mass is 16.5. The first-order chi connectivity index (χ1) is 10.7. The van der Waals surface area contributed by atoms with Crippen LogP contribution in [0.25, 0.3) is 0 Å². The molecule has 2 atom stereocenters. The van der Waals surface area contributed by atoms with Gasteiger partial charge in [-0.2, -0.15) is 0 Å². The summed E-state index contributed by atoms with van der Waals surface area (Å²) in [6.45, 7) is 0.845. The Morgan fingerprint density at radius 3 is 2.73 bits per heavy atom. The van der Waals surface area contributed by atoms with E-state index in [0.29, 0.717) is 18.2 Å². The molecule has 2 fully saturated rings. The van der Waals surface area contributed by atoms with Crippen molar-refractivity contribution in [2.75, 3.05) is 20.8 Å². The summed E-state index contributed by atoms with van der Waals surface area (Å²) in [5.74, 6) is 2.38. The topological polar surface area (TPSA) is 38.8 Å². The lowest BCUT2D eigenvalue weighted by molar-refractivity contribution is -0.132. The number of fused-ring (bicyclic) bond motifs is 1. The van der Waals surface area contributed by atoms with E-state index >= 15 is 0 Å². The quantitative estimate of drug-likeness (QED) is 0.843. The van der Waals surface area contributed by atoms with E-state index in [0.717, 1.165) is 37.3 Å². The molecule has 3 aliphatic rings. The molecular weight excluding hydrogens is 278 g/mol. The van der Waals surface area contributed by atoms with E-state index in [-0.39, 0.29) is 5.54 Å². The van der Waals surface area contributed by atoms with Crippen LogP contribution in [0.15, 0.2) is 12.1 Å². The van der Waals surface area contributed by atoms with Crippen molar-refractivity contribution in [2.24, 2.45) is 5.92 Å². The molecule has 1 aromatic carbocycles. The van der Waals surface area contributed by atoms with Gasteiger partial charge >= 0.3 is 0 Å². The number of carbonyl (C=O) groups excluding carboxylic acids is 1. The molecule has 22 heavy (non-hydrogen) atoms. The van der Waals surface area contributed by atoms with Crippen LogP contribution in [0.3, 0.4) is 0 Å². The summed E-state index contributed by atoms with van der Waals surface area (Å²) in [7, 11) is 3.36. The summed E-state index contributed by atoms with van der Waals surface area (Å²) in [5.41, 5.74) is 2.56. The summed E-state index contributed by atoms with van der Waals surface area (Å²) in [6.07, 6.45) is 6.33. The van der Waals surface area contributed by atoms with Crippen molar-refractivity contribution >= 4 is 5.91 Å². The summed E-state index contributed by atoms with van der Waals surface area (Å²) < 4.78 is 11.0. The molecule has 0 bridgehead atoms. The maximum Gasteiger partial charge on any atom is 0.223 e. The molecule has 0 unspecified atom stereocenters. The van der Waals surface area contributed by atoms with Gasteiger partial charge < -0.3 is 14.4 Å². The van der Waals surface area contributed by atoms with Crippen molar-refractivity contribution in [1.82, 2.24) is 4.90 Å². The highest BCUT2D eigenvalue weighted by molar-refractivity contribution is 5.81. The van der Waals surface area contributed by atoms with Gasteiger partial charge in [0, 0.05) is 13.0 Å². The molecule has 2 heterocycles. The molecule has 1 aromatic rings.